The number of likely N-dealkylation sites (N-methyl/N-ethyl adjacent to an activating group) is 1. The number of allylic oxidation sites excluding steroid dienone is 1. The molecule has 2 aliphatic rings. The van der Waals surface area contributed by atoms with E-state index in [0.717, 1.165) is 50.9 Å². The molecule has 0 bridgehead atoms. The zero-order valence-corrected chi connectivity index (χ0v) is 50.5. The number of quaternary nitrogens is 1. The molecule has 19 heteroatoms. The molecule has 0 aromatic rings. The predicted molar refractivity (Wildman–Crippen MR) is 305 cm³/mol. The van der Waals surface area contributed by atoms with Gasteiger partial charge in [0.1, 0.15) is 62.0 Å². The van der Waals surface area contributed by atoms with E-state index in [2.05, 4.69) is 26.1 Å². The second-order valence-electron chi connectivity index (χ2n) is 24.0. The monoisotopic (exact) mass is 1140 g/mol. The standard InChI is InChI=1S/C59H115N2O16P/c1-7-8-9-10-11-12-13-14-15-16-17-18-19-20-21-22-23-28-31-34-37-40-51(63)60-47(48(62)39-36-33-30-27-25-24-26-29-32-35-38-46(2)3)43-72-58-56(68)54(66)52(64)49(76-58)44-73-59-57(69)55(67)53(65)50(77-59)45-75-78(70,71)74-42-41-61(4,5)6/h36,39,46-50,52-59,62,64-69H,7-35,37-38,40-45H2,1-6H3,(H-,60,63,70,71)/p+1/b39-36+/t47-,48+,49+,50+,52-,53-,54-,55-,56+,57+,58+,59+/m0/s1. The van der Waals surface area contributed by atoms with Crippen molar-refractivity contribution in [3.05, 3.63) is 12.2 Å². The van der Waals surface area contributed by atoms with E-state index in [1.807, 2.05) is 27.2 Å². The highest BCUT2D eigenvalue weighted by atomic mass is 31.2. The van der Waals surface area contributed by atoms with Crippen LogP contribution in [0.3, 0.4) is 0 Å². The maximum Gasteiger partial charge on any atom is 0.472 e. The molecule has 78 heavy (non-hydrogen) atoms. The molecule has 0 radical (unpaired) electrons. The van der Waals surface area contributed by atoms with Crippen LogP contribution in [-0.4, -0.2) is 179 Å². The normalized spacial score (nSPS) is 25.7. The van der Waals surface area contributed by atoms with Gasteiger partial charge in [-0.15, -0.1) is 0 Å². The molecule has 2 rings (SSSR count). The summed E-state index contributed by atoms with van der Waals surface area (Å²) in [5, 5.41) is 78.9. The maximum atomic E-state index is 13.3. The number of hydrogen-bond acceptors (Lipinski definition) is 15. The van der Waals surface area contributed by atoms with Crippen molar-refractivity contribution in [1.82, 2.24) is 5.32 Å². The Kier molecular flexibility index (Phi) is 40.7. The first-order valence-corrected chi connectivity index (χ1v) is 32.4. The van der Waals surface area contributed by atoms with Gasteiger partial charge in [0.25, 0.3) is 0 Å². The van der Waals surface area contributed by atoms with Gasteiger partial charge in [0.15, 0.2) is 12.6 Å². The molecular weight excluding hydrogens is 1020 g/mol. The number of amides is 1. The molecule has 462 valence electrons. The lowest BCUT2D eigenvalue weighted by Crippen LogP contribution is -2.62. The molecule has 2 heterocycles. The Balaban J connectivity index is 1.87. The number of rotatable bonds is 49. The smallest absolute Gasteiger partial charge is 0.387 e. The minimum Gasteiger partial charge on any atom is -0.387 e. The van der Waals surface area contributed by atoms with Gasteiger partial charge in [-0.1, -0.05) is 213 Å². The first-order chi connectivity index (χ1) is 37.3. The highest BCUT2D eigenvalue weighted by molar-refractivity contribution is 7.47. The summed E-state index contributed by atoms with van der Waals surface area (Å²) in [4.78, 5) is 23.5. The predicted octanol–water partition coefficient (Wildman–Crippen LogP) is 9.04. The van der Waals surface area contributed by atoms with Crippen molar-refractivity contribution in [2.45, 2.75) is 300 Å². The lowest BCUT2D eigenvalue weighted by atomic mass is 9.98. The van der Waals surface area contributed by atoms with Crippen molar-refractivity contribution in [1.29, 1.82) is 0 Å². The summed E-state index contributed by atoms with van der Waals surface area (Å²) in [5.74, 6) is 0.491. The molecule has 0 spiro atoms. The Bertz CT molecular complexity index is 1540. The van der Waals surface area contributed by atoms with Crippen molar-refractivity contribution in [3.8, 4) is 0 Å². The molecule has 0 saturated carbocycles. The lowest BCUT2D eigenvalue weighted by Gasteiger charge is -2.43. The zero-order valence-electron chi connectivity index (χ0n) is 49.6. The second kappa shape index (κ2) is 43.5. The average molecular weight is 1140 g/mol. The molecule has 0 aromatic heterocycles. The third-order valence-electron chi connectivity index (χ3n) is 15.1. The number of phosphoric ester groups is 1. The first-order valence-electron chi connectivity index (χ1n) is 30.9. The van der Waals surface area contributed by atoms with E-state index in [-0.39, 0.29) is 25.5 Å². The fourth-order valence-corrected chi connectivity index (χ4v) is 10.6. The van der Waals surface area contributed by atoms with Crippen LogP contribution in [-0.2, 0) is 37.4 Å². The van der Waals surface area contributed by atoms with E-state index in [0.29, 0.717) is 17.4 Å². The van der Waals surface area contributed by atoms with E-state index >= 15 is 0 Å². The number of carbonyl (C=O) groups is 1. The van der Waals surface area contributed by atoms with E-state index in [1.54, 1.807) is 6.08 Å². The Morgan fingerprint density at radius 2 is 1.00 bits per heavy atom. The fraction of sp³-hybridized carbons (Fsp3) is 0.949. The van der Waals surface area contributed by atoms with Crippen LogP contribution in [0, 0.1) is 5.92 Å². The number of hydrogen-bond donors (Lipinski definition) is 9. The molecule has 9 N–H and O–H groups in total. The summed E-state index contributed by atoms with van der Waals surface area (Å²) in [6.45, 7) is 5.41. The largest absolute Gasteiger partial charge is 0.472 e. The van der Waals surface area contributed by atoms with Crippen molar-refractivity contribution in [2.75, 3.05) is 54.1 Å². The minimum atomic E-state index is -4.61. The molecule has 2 fully saturated rings. The van der Waals surface area contributed by atoms with Crippen LogP contribution in [0.2, 0.25) is 0 Å². The summed E-state index contributed by atoms with van der Waals surface area (Å²) in [5.41, 5.74) is 0. The van der Waals surface area contributed by atoms with Crippen molar-refractivity contribution >= 4 is 13.7 Å². The number of aliphatic hydroxyl groups is 7. The van der Waals surface area contributed by atoms with E-state index in [1.165, 1.54) is 148 Å². The number of nitrogens with zero attached hydrogens (tertiary/aromatic N) is 1. The van der Waals surface area contributed by atoms with Crippen molar-refractivity contribution in [3.63, 3.8) is 0 Å². The number of phosphoric acid groups is 1. The first kappa shape index (κ1) is 72.9. The molecule has 18 nitrogen and oxygen atoms in total. The van der Waals surface area contributed by atoms with Gasteiger partial charge in [-0.05, 0) is 25.2 Å². The maximum absolute atomic E-state index is 13.3. The van der Waals surface area contributed by atoms with Gasteiger partial charge in [-0.3, -0.25) is 13.8 Å². The Labute approximate surface area is 471 Å². The van der Waals surface area contributed by atoms with Crippen LogP contribution < -0.4 is 5.32 Å². The molecule has 0 aliphatic carbocycles. The van der Waals surface area contributed by atoms with Gasteiger partial charge in [0, 0.05) is 6.42 Å². The molecule has 2 aliphatic heterocycles. The highest BCUT2D eigenvalue weighted by Crippen LogP contribution is 2.44. The molecule has 1 amide bonds. The van der Waals surface area contributed by atoms with Crippen LogP contribution >= 0.6 is 7.82 Å². The summed E-state index contributed by atoms with van der Waals surface area (Å²) >= 11 is 0. The van der Waals surface area contributed by atoms with Crippen molar-refractivity contribution < 1.29 is 82.5 Å². The molecular formula is C59H116N2O16P+. The number of unbranched alkanes of at least 4 members (excludes halogenated alkanes) is 28. The number of carbonyl (C=O) groups excluding carboxylic acids is 1. The minimum absolute atomic E-state index is 0.112. The topological polar surface area (TPSA) is 263 Å². The van der Waals surface area contributed by atoms with E-state index in [4.69, 9.17) is 28.0 Å². The van der Waals surface area contributed by atoms with Crippen LogP contribution in [0.1, 0.15) is 226 Å². The number of nitrogens with one attached hydrogen (secondary N) is 1. The van der Waals surface area contributed by atoms with E-state index in [9.17, 15) is 50.0 Å². The Hall–Kier alpha value is -1.16. The summed E-state index contributed by atoms with van der Waals surface area (Å²) in [6, 6.07) is -0.955. The van der Waals surface area contributed by atoms with Crippen LogP contribution in [0.4, 0.5) is 0 Å². The molecule has 13 atom stereocenters. The molecule has 2 saturated heterocycles. The van der Waals surface area contributed by atoms with Crippen LogP contribution in [0.15, 0.2) is 12.2 Å². The van der Waals surface area contributed by atoms with Gasteiger partial charge in [-0.25, -0.2) is 4.57 Å². The second-order valence-corrected chi connectivity index (χ2v) is 25.5. The van der Waals surface area contributed by atoms with Gasteiger partial charge in [-0.2, -0.15) is 0 Å². The molecule has 0 aromatic carbocycles. The average Bonchev–Trinajstić information content (AvgIpc) is 3.39. The summed E-state index contributed by atoms with van der Waals surface area (Å²) < 4.78 is 46.0. The highest BCUT2D eigenvalue weighted by Gasteiger charge is 2.48. The van der Waals surface area contributed by atoms with Gasteiger partial charge >= 0.3 is 7.82 Å². The Morgan fingerprint density at radius 3 is 1.46 bits per heavy atom. The van der Waals surface area contributed by atoms with E-state index < -0.39 is 94.6 Å². The number of aliphatic hydroxyl groups excluding tert-OH is 7. The lowest BCUT2D eigenvalue weighted by molar-refractivity contribution is -0.870. The summed E-state index contributed by atoms with van der Waals surface area (Å²) in [7, 11) is 0.994. The van der Waals surface area contributed by atoms with Crippen LogP contribution in [0.25, 0.3) is 0 Å². The molecule has 1 unspecified atom stereocenters. The van der Waals surface area contributed by atoms with Gasteiger partial charge in [0.2, 0.25) is 5.91 Å². The third-order valence-corrected chi connectivity index (χ3v) is 16.1. The van der Waals surface area contributed by atoms with Gasteiger partial charge < -0.3 is 69.4 Å². The zero-order chi connectivity index (χ0) is 57.6. The SMILES string of the molecule is CCCCCCCCCCCCCCCCCCCCCCCC(=O)N[C@@H](CO[C@@H]1O[C@H](CO[C@@H]2O[C@H](COP(=O)(O)OCC[N+](C)(C)C)[C@H](O)[C@H](O)[C@H]2O)[C@H](O)[C@H](O)[C@H]1O)[C@H](O)/C=C/CCCCCCCCCCC(C)C. The number of ether oxygens (including phenoxy) is 4. The quantitative estimate of drug-likeness (QED) is 0.0119. The third kappa shape index (κ3) is 34.4. The van der Waals surface area contributed by atoms with Crippen molar-refractivity contribution in [2.24, 2.45) is 5.92 Å². The summed E-state index contributed by atoms with van der Waals surface area (Å²) in [6.07, 6.45) is 24.0. The van der Waals surface area contributed by atoms with Crippen LogP contribution in [0.5, 0.6) is 0 Å². The fourth-order valence-electron chi connectivity index (χ4n) is 9.87. The van der Waals surface area contributed by atoms with Gasteiger partial charge in [0.05, 0.1) is 53.1 Å². The Morgan fingerprint density at radius 1 is 0.577 bits per heavy atom.